The summed E-state index contributed by atoms with van der Waals surface area (Å²) >= 11 is 0. The molecular formula is C20H31F3N4O4. The molecule has 3 unspecified atom stereocenters. The molecular weight excluding hydrogens is 417 g/mol. The van der Waals surface area contributed by atoms with E-state index in [0.717, 1.165) is 0 Å². The molecule has 3 atom stereocenters. The van der Waals surface area contributed by atoms with Gasteiger partial charge in [-0.1, -0.05) is 26.8 Å². The van der Waals surface area contributed by atoms with Crippen LogP contribution in [0.5, 0.6) is 0 Å². The van der Waals surface area contributed by atoms with Gasteiger partial charge in [-0.25, -0.2) is 0 Å². The van der Waals surface area contributed by atoms with E-state index in [1.807, 2.05) is 0 Å². The van der Waals surface area contributed by atoms with E-state index in [9.17, 15) is 32.3 Å². The summed E-state index contributed by atoms with van der Waals surface area (Å²) in [7, 11) is 0. The molecule has 0 aromatic heterocycles. The van der Waals surface area contributed by atoms with Crippen molar-refractivity contribution in [2.24, 2.45) is 11.1 Å². The monoisotopic (exact) mass is 448 g/mol. The predicted molar refractivity (Wildman–Crippen MR) is 108 cm³/mol. The molecule has 8 nitrogen and oxygen atoms in total. The minimum Gasteiger partial charge on any atom is -0.346 e. The Morgan fingerprint density at radius 1 is 1.23 bits per heavy atom. The Kier molecular flexibility index (Phi) is 9.22. The summed E-state index contributed by atoms with van der Waals surface area (Å²) in [5.41, 5.74) is 5.44. The minimum absolute atomic E-state index is 0.0554. The number of carbonyl (C=O) groups is 4. The van der Waals surface area contributed by atoms with Crippen molar-refractivity contribution >= 4 is 23.5 Å². The molecule has 4 N–H and O–H groups in total. The zero-order valence-electron chi connectivity index (χ0n) is 18.1. The van der Waals surface area contributed by atoms with E-state index >= 15 is 0 Å². The second kappa shape index (κ2) is 10.7. The van der Waals surface area contributed by atoms with Crippen molar-refractivity contribution in [2.75, 3.05) is 13.1 Å². The van der Waals surface area contributed by atoms with Crippen LogP contribution in [0.4, 0.5) is 13.2 Å². The Hall–Kier alpha value is -2.43. The number of hydrogen-bond donors (Lipinski definition) is 3. The van der Waals surface area contributed by atoms with E-state index in [1.54, 1.807) is 20.8 Å². The van der Waals surface area contributed by atoms with E-state index in [2.05, 4.69) is 17.2 Å². The lowest BCUT2D eigenvalue weighted by Gasteiger charge is -2.33. The molecule has 0 bridgehead atoms. The Labute approximate surface area is 179 Å². The largest absolute Gasteiger partial charge is 0.389 e. The first-order chi connectivity index (χ1) is 14.2. The van der Waals surface area contributed by atoms with Gasteiger partial charge in [0.15, 0.2) is 0 Å². The summed E-state index contributed by atoms with van der Waals surface area (Å²) in [6.07, 6.45) is -4.65. The fourth-order valence-corrected chi connectivity index (χ4v) is 3.11. The van der Waals surface area contributed by atoms with Crippen LogP contribution in [0.3, 0.4) is 0 Å². The van der Waals surface area contributed by atoms with Crippen molar-refractivity contribution < 1.29 is 32.3 Å². The molecule has 1 fully saturated rings. The number of ketones is 1. The minimum atomic E-state index is -4.57. The number of amides is 3. The van der Waals surface area contributed by atoms with E-state index < -0.39 is 66.1 Å². The van der Waals surface area contributed by atoms with Crippen LogP contribution in [0.1, 0.15) is 46.5 Å². The van der Waals surface area contributed by atoms with Gasteiger partial charge in [-0.3, -0.25) is 19.2 Å². The van der Waals surface area contributed by atoms with Crippen LogP contribution in [-0.4, -0.2) is 65.8 Å². The predicted octanol–water partition coefficient (Wildman–Crippen LogP) is 1.05. The second-order valence-electron chi connectivity index (χ2n) is 8.61. The first-order valence-electron chi connectivity index (χ1n) is 10.0. The maximum atomic E-state index is 12.8. The van der Waals surface area contributed by atoms with Crippen LogP contribution >= 0.6 is 0 Å². The summed E-state index contributed by atoms with van der Waals surface area (Å²) in [4.78, 5) is 51.1. The molecule has 3 amide bonds. The molecule has 1 aliphatic rings. The van der Waals surface area contributed by atoms with Gasteiger partial charge in [-0.15, -0.1) is 6.58 Å². The smallest absolute Gasteiger partial charge is 0.346 e. The van der Waals surface area contributed by atoms with Crippen LogP contribution in [0.2, 0.25) is 0 Å². The molecule has 0 aromatic carbocycles. The summed E-state index contributed by atoms with van der Waals surface area (Å²) in [5, 5.41) is 4.43. The highest BCUT2D eigenvalue weighted by molar-refractivity contribution is 6.38. The molecule has 0 saturated carbocycles. The molecule has 0 aliphatic carbocycles. The van der Waals surface area contributed by atoms with Gasteiger partial charge in [0, 0.05) is 19.5 Å². The standard InChI is InChI=1S/C20H31F3N4O4/c1-5-10-25-17(30)14(28)12(8-9-20(21,22)23)26-16(29)13-7-6-11-27(13)18(31)15(24)19(2,3)4/h5,12-13,15H,1,6-11,24H2,2-4H3,(H,25,30)(H,26,29). The van der Waals surface area contributed by atoms with Crippen molar-refractivity contribution in [3.63, 3.8) is 0 Å². The molecule has 0 radical (unpaired) electrons. The van der Waals surface area contributed by atoms with Crippen molar-refractivity contribution in [3.8, 4) is 0 Å². The van der Waals surface area contributed by atoms with E-state index in [-0.39, 0.29) is 19.5 Å². The Morgan fingerprint density at radius 3 is 2.35 bits per heavy atom. The van der Waals surface area contributed by atoms with Crippen molar-refractivity contribution in [3.05, 3.63) is 12.7 Å². The topological polar surface area (TPSA) is 122 Å². The zero-order valence-corrected chi connectivity index (χ0v) is 18.1. The van der Waals surface area contributed by atoms with Gasteiger partial charge in [0.25, 0.3) is 5.91 Å². The third-order valence-corrected chi connectivity index (χ3v) is 5.02. The molecule has 176 valence electrons. The fourth-order valence-electron chi connectivity index (χ4n) is 3.11. The van der Waals surface area contributed by atoms with Gasteiger partial charge in [0.1, 0.15) is 6.04 Å². The number of alkyl halides is 3. The lowest BCUT2D eigenvalue weighted by molar-refractivity contribution is -0.147. The van der Waals surface area contributed by atoms with Gasteiger partial charge in [-0.05, 0) is 24.7 Å². The Morgan fingerprint density at radius 2 is 1.84 bits per heavy atom. The van der Waals surface area contributed by atoms with E-state index in [0.29, 0.717) is 6.42 Å². The van der Waals surface area contributed by atoms with Crippen molar-refractivity contribution in [2.45, 2.75) is 70.8 Å². The number of halogens is 3. The zero-order chi connectivity index (χ0) is 24.0. The van der Waals surface area contributed by atoms with Gasteiger partial charge in [-0.2, -0.15) is 13.2 Å². The van der Waals surface area contributed by atoms with Crippen LogP contribution in [-0.2, 0) is 19.2 Å². The van der Waals surface area contributed by atoms with Gasteiger partial charge in [0.05, 0.1) is 12.1 Å². The molecule has 0 spiro atoms. The lowest BCUT2D eigenvalue weighted by atomic mass is 9.86. The Bertz CT molecular complexity index is 704. The summed E-state index contributed by atoms with van der Waals surface area (Å²) < 4.78 is 38.1. The molecule has 31 heavy (non-hydrogen) atoms. The van der Waals surface area contributed by atoms with Gasteiger partial charge >= 0.3 is 6.18 Å². The van der Waals surface area contributed by atoms with Crippen LogP contribution < -0.4 is 16.4 Å². The number of nitrogens with one attached hydrogen (secondary N) is 2. The van der Waals surface area contributed by atoms with Crippen LogP contribution in [0, 0.1) is 5.41 Å². The normalized spacial score (nSPS) is 18.8. The van der Waals surface area contributed by atoms with E-state index in [1.165, 1.54) is 11.0 Å². The maximum Gasteiger partial charge on any atom is 0.389 e. The highest BCUT2D eigenvalue weighted by Gasteiger charge is 2.41. The molecule has 1 saturated heterocycles. The summed E-state index contributed by atoms with van der Waals surface area (Å²) in [5.74, 6) is -3.56. The highest BCUT2D eigenvalue weighted by Crippen LogP contribution is 2.25. The van der Waals surface area contributed by atoms with Crippen molar-refractivity contribution in [1.29, 1.82) is 0 Å². The number of rotatable bonds is 9. The average Bonchev–Trinajstić information content (AvgIpc) is 3.15. The number of nitrogens with two attached hydrogens (primary N) is 1. The fraction of sp³-hybridized carbons (Fsp3) is 0.700. The Balaban J connectivity index is 2.97. The van der Waals surface area contributed by atoms with Crippen LogP contribution in [0.15, 0.2) is 12.7 Å². The third-order valence-electron chi connectivity index (χ3n) is 5.02. The molecule has 11 heteroatoms. The number of likely N-dealkylation sites (tertiary alicyclic amines) is 1. The number of carbonyl (C=O) groups excluding carboxylic acids is 4. The average molecular weight is 448 g/mol. The number of nitrogens with zero attached hydrogens (tertiary/aromatic N) is 1. The maximum absolute atomic E-state index is 12.8. The lowest BCUT2D eigenvalue weighted by Crippen LogP contribution is -2.57. The first-order valence-corrected chi connectivity index (χ1v) is 10.0. The first kappa shape index (κ1) is 26.6. The number of Topliss-reactive ketones (excluding diaryl/α,β-unsaturated/α-hetero) is 1. The summed E-state index contributed by atoms with van der Waals surface area (Å²) in [6, 6.07) is -3.53. The van der Waals surface area contributed by atoms with Gasteiger partial charge < -0.3 is 21.3 Å². The van der Waals surface area contributed by atoms with E-state index in [4.69, 9.17) is 5.73 Å². The second-order valence-corrected chi connectivity index (χ2v) is 8.61. The molecule has 1 heterocycles. The highest BCUT2D eigenvalue weighted by atomic mass is 19.4. The van der Waals surface area contributed by atoms with Gasteiger partial charge in [0.2, 0.25) is 17.6 Å². The quantitative estimate of drug-likeness (QED) is 0.360. The third kappa shape index (κ3) is 7.97. The van der Waals surface area contributed by atoms with Crippen molar-refractivity contribution in [1.82, 2.24) is 15.5 Å². The molecule has 1 aliphatic heterocycles. The van der Waals surface area contributed by atoms with Crippen LogP contribution in [0.25, 0.3) is 0 Å². The molecule has 0 aromatic rings. The number of hydrogen-bond acceptors (Lipinski definition) is 5. The summed E-state index contributed by atoms with van der Waals surface area (Å²) in [6.45, 7) is 8.90. The SMILES string of the molecule is C=CCNC(=O)C(=O)C(CCC(F)(F)F)NC(=O)C1CCCN1C(=O)C(N)C(C)(C)C. The molecule has 1 rings (SSSR count).